The van der Waals surface area contributed by atoms with Gasteiger partial charge in [0.2, 0.25) is 11.2 Å². The van der Waals surface area contributed by atoms with Gasteiger partial charge in [-0.2, -0.15) is 13.2 Å². The maximum atomic E-state index is 14.5. The molecule has 1 aromatic heterocycles. The zero-order valence-electron chi connectivity index (χ0n) is 25.5. The van der Waals surface area contributed by atoms with Crippen molar-refractivity contribution in [2.75, 3.05) is 27.3 Å². The topological polar surface area (TPSA) is 87.4 Å². The summed E-state index contributed by atoms with van der Waals surface area (Å²) >= 11 is 6.05. The van der Waals surface area contributed by atoms with Crippen LogP contribution in [0.4, 0.5) is 13.2 Å². The number of aryl methyl sites for hydroxylation is 1. The van der Waals surface area contributed by atoms with Crippen LogP contribution in [0.3, 0.4) is 0 Å². The Morgan fingerprint density at radius 1 is 0.933 bits per heavy atom. The summed E-state index contributed by atoms with van der Waals surface area (Å²) in [5.74, 6) is -2.84. The number of esters is 1. The number of fused-ring (bicyclic) bond motifs is 1. The number of alkyl halides is 3. The number of hydrogen-bond acceptors (Lipinski definition) is 8. The minimum absolute atomic E-state index is 0.0215. The van der Waals surface area contributed by atoms with Gasteiger partial charge < -0.3 is 23.4 Å². The lowest BCUT2D eigenvalue weighted by Gasteiger charge is -2.23. The highest BCUT2D eigenvalue weighted by Crippen LogP contribution is 2.41. The van der Waals surface area contributed by atoms with Crippen molar-refractivity contribution < 1.29 is 41.3 Å². The number of hydrogen-bond donors (Lipinski definition) is 0. The fourth-order valence-corrected chi connectivity index (χ4v) is 4.97. The Bertz CT molecular complexity index is 1750. The number of methoxy groups -OCH3 is 2. The summed E-state index contributed by atoms with van der Waals surface area (Å²) in [4.78, 5) is 28.9. The number of nitrogens with zero attached hydrogens (tertiary/aromatic N) is 1. The molecule has 0 saturated carbocycles. The second-order valence-corrected chi connectivity index (χ2v) is 10.7. The monoisotopic (exact) mass is 647 g/mol. The van der Waals surface area contributed by atoms with E-state index >= 15 is 0 Å². The van der Waals surface area contributed by atoms with Gasteiger partial charge in [-0.15, -0.1) is 0 Å². The molecule has 0 aliphatic rings. The van der Waals surface area contributed by atoms with Gasteiger partial charge in [0.1, 0.15) is 17.1 Å². The number of ether oxygens (including phenoxy) is 4. The second kappa shape index (κ2) is 14.3. The van der Waals surface area contributed by atoms with E-state index < -0.39 is 29.1 Å². The van der Waals surface area contributed by atoms with Gasteiger partial charge in [-0.1, -0.05) is 25.4 Å². The van der Waals surface area contributed by atoms with E-state index in [9.17, 15) is 22.8 Å². The van der Waals surface area contributed by atoms with Crippen LogP contribution in [-0.2, 0) is 12.7 Å². The lowest BCUT2D eigenvalue weighted by molar-refractivity contribution is -0.154. The lowest BCUT2D eigenvalue weighted by atomic mass is 10.1. The molecule has 8 nitrogen and oxygen atoms in total. The molecule has 0 aliphatic heterocycles. The molecule has 0 N–H and O–H groups in total. The van der Waals surface area contributed by atoms with Crippen LogP contribution in [0.1, 0.15) is 53.9 Å². The maximum Gasteiger partial charge on any atom is 0.453 e. The van der Waals surface area contributed by atoms with Crippen LogP contribution in [0.5, 0.6) is 28.7 Å². The number of carbonyl (C=O) groups excluding carboxylic acids is 1. The number of rotatable bonds is 12. The van der Waals surface area contributed by atoms with E-state index in [4.69, 9.17) is 35.0 Å². The Balaban J connectivity index is 1.91. The molecule has 0 spiro atoms. The quantitative estimate of drug-likeness (QED) is 0.112. The predicted octanol–water partition coefficient (Wildman–Crippen LogP) is 8.42. The minimum atomic E-state index is -5.10. The molecule has 3 aromatic carbocycles. The second-order valence-electron chi connectivity index (χ2n) is 10.3. The zero-order valence-corrected chi connectivity index (χ0v) is 26.2. The van der Waals surface area contributed by atoms with E-state index in [-0.39, 0.29) is 45.9 Å². The van der Waals surface area contributed by atoms with Gasteiger partial charge in [-0.3, -0.25) is 9.69 Å². The van der Waals surface area contributed by atoms with E-state index in [0.29, 0.717) is 29.4 Å². The van der Waals surface area contributed by atoms with Crippen molar-refractivity contribution in [2.45, 2.75) is 46.3 Å². The molecule has 0 amide bonds. The third-order valence-electron chi connectivity index (χ3n) is 6.97. The van der Waals surface area contributed by atoms with Gasteiger partial charge in [-0.25, -0.2) is 4.79 Å². The SMILES string of the molecule is CCCN(CCC)Cc1c(OC(=O)c2ccc(OC)c(OC)c2)ccc2c(=O)c(Oc3ccc(Cl)c(C)c3)c(C(F)(F)F)oc12. The van der Waals surface area contributed by atoms with Gasteiger partial charge in [0, 0.05) is 11.6 Å². The van der Waals surface area contributed by atoms with E-state index in [1.54, 1.807) is 6.92 Å². The fraction of sp³-hybridized carbons (Fsp3) is 0.333. The first kappa shape index (κ1) is 33.7. The van der Waals surface area contributed by atoms with Crippen molar-refractivity contribution in [3.8, 4) is 28.7 Å². The average Bonchev–Trinajstić information content (AvgIpc) is 3.00. The van der Waals surface area contributed by atoms with Gasteiger partial charge in [-0.05, 0) is 86.9 Å². The first-order valence-electron chi connectivity index (χ1n) is 14.2. The summed E-state index contributed by atoms with van der Waals surface area (Å²) in [6.45, 7) is 6.82. The Morgan fingerprint density at radius 3 is 2.20 bits per heavy atom. The standard InChI is InChI=1S/C33H33ClF3NO7/c1-6-14-38(15-7-2)18-23-25(44-32(40)20-8-12-26(41-4)27(17-20)42-5)13-10-22-28(39)30(31(33(35,36)37)45-29(22)23)43-21-9-11-24(34)19(3)16-21/h8-13,16-17H,6-7,14-15,18H2,1-5H3. The largest absolute Gasteiger partial charge is 0.493 e. The molecule has 4 rings (SSSR count). The van der Waals surface area contributed by atoms with Crippen molar-refractivity contribution >= 4 is 28.5 Å². The van der Waals surface area contributed by atoms with Gasteiger partial charge in [0.25, 0.3) is 5.76 Å². The van der Waals surface area contributed by atoms with Crippen LogP contribution >= 0.6 is 11.6 Å². The third kappa shape index (κ3) is 7.54. The van der Waals surface area contributed by atoms with Crippen molar-refractivity contribution in [1.29, 1.82) is 0 Å². The molecular weight excluding hydrogens is 615 g/mol. The molecule has 0 aliphatic carbocycles. The summed E-state index contributed by atoms with van der Waals surface area (Å²) < 4.78 is 70.6. The van der Waals surface area contributed by atoms with Crippen LogP contribution in [0.25, 0.3) is 11.0 Å². The summed E-state index contributed by atoms with van der Waals surface area (Å²) in [5, 5.41) is 0.213. The predicted molar refractivity (Wildman–Crippen MR) is 164 cm³/mol. The Kier molecular flexibility index (Phi) is 10.7. The summed E-state index contributed by atoms with van der Waals surface area (Å²) in [6, 6.07) is 11.3. The van der Waals surface area contributed by atoms with Crippen molar-refractivity contribution in [3.63, 3.8) is 0 Å². The van der Waals surface area contributed by atoms with E-state index in [2.05, 4.69) is 0 Å². The first-order valence-corrected chi connectivity index (χ1v) is 14.6. The number of carbonyl (C=O) groups is 1. The molecule has 240 valence electrons. The number of benzene rings is 3. The lowest BCUT2D eigenvalue weighted by Crippen LogP contribution is -2.26. The molecule has 45 heavy (non-hydrogen) atoms. The molecule has 0 bridgehead atoms. The molecule has 0 radical (unpaired) electrons. The molecular formula is C33H33ClF3NO7. The van der Waals surface area contributed by atoms with Crippen molar-refractivity contribution in [2.24, 2.45) is 0 Å². The Morgan fingerprint density at radius 2 is 1.60 bits per heavy atom. The zero-order chi connectivity index (χ0) is 32.9. The maximum absolute atomic E-state index is 14.5. The van der Waals surface area contributed by atoms with E-state index in [0.717, 1.165) is 12.8 Å². The van der Waals surface area contributed by atoms with Crippen LogP contribution in [0.15, 0.2) is 57.7 Å². The van der Waals surface area contributed by atoms with Crippen LogP contribution in [0.2, 0.25) is 5.02 Å². The van der Waals surface area contributed by atoms with Gasteiger partial charge in [0.05, 0.1) is 30.7 Å². The molecule has 12 heteroatoms. The van der Waals surface area contributed by atoms with Gasteiger partial charge in [0.15, 0.2) is 11.5 Å². The van der Waals surface area contributed by atoms with E-state index in [1.807, 2.05) is 18.7 Å². The highest BCUT2D eigenvalue weighted by molar-refractivity contribution is 6.31. The molecule has 0 atom stereocenters. The number of halogens is 4. The van der Waals surface area contributed by atoms with E-state index in [1.165, 1.54) is 62.8 Å². The normalized spacial score (nSPS) is 11.6. The highest BCUT2D eigenvalue weighted by atomic mass is 35.5. The summed E-state index contributed by atoms with van der Waals surface area (Å²) in [6.07, 6.45) is -3.59. The first-order chi connectivity index (χ1) is 21.4. The van der Waals surface area contributed by atoms with Crippen LogP contribution < -0.4 is 24.4 Å². The molecule has 1 heterocycles. The highest BCUT2D eigenvalue weighted by Gasteiger charge is 2.41. The van der Waals surface area contributed by atoms with Crippen molar-refractivity contribution in [1.82, 2.24) is 4.90 Å². The van der Waals surface area contributed by atoms with Crippen LogP contribution in [0, 0.1) is 6.92 Å². The summed E-state index contributed by atoms with van der Waals surface area (Å²) in [7, 11) is 2.86. The smallest absolute Gasteiger partial charge is 0.453 e. The molecule has 0 saturated heterocycles. The average molecular weight is 648 g/mol. The molecule has 4 aromatic rings. The van der Waals surface area contributed by atoms with Crippen LogP contribution in [-0.4, -0.2) is 38.2 Å². The van der Waals surface area contributed by atoms with Crippen molar-refractivity contribution in [3.05, 3.63) is 86.2 Å². The minimum Gasteiger partial charge on any atom is -0.493 e. The summed E-state index contributed by atoms with van der Waals surface area (Å²) in [5.41, 5.74) is -0.630. The fourth-order valence-electron chi connectivity index (χ4n) is 4.85. The molecule has 0 unspecified atom stereocenters. The molecule has 0 fully saturated rings. The Labute approximate surface area is 263 Å². The van der Waals surface area contributed by atoms with Gasteiger partial charge >= 0.3 is 12.1 Å². The Hall–Kier alpha value is -4.22. The third-order valence-corrected chi connectivity index (χ3v) is 7.39.